The lowest BCUT2D eigenvalue weighted by atomic mass is 9.68. The zero-order chi connectivity index (χ0) is 10.2. The maximum Gasteiger partial charge on any atom is 0.0953 e. The van der Waals surface area contributed by atoms with E-state index in [1.807, 2.05) is 17.5 Å². The molecule has 0 bridgehead atoms. The van der Waals surface area contributed by atoms with Crippen molar-refractivity contribution in [3.8, 4) is 0 Å². The van der Waals surface area contributed by atoms with Crippen LogP contribution >= 0.6 is 11.3 Å². The van der Waals surface area contributed by atoms with Gasteiger partial charge in [-0.15, -0.1) is 11.3 Å². The number of aromatic nitrogens is 1. The highest BCUT2D eigenvalue weighted by Gasteiger charge is 2.38. The molecule has 1 fully saturated rings. The van der Waals surface area contributed by atoms with Crippen LogP contribution in [0.15, 0.2) is 6.20 Å². The molecule has 0 atom stereocenters. The fraction of sp³-hybridized carbons (Fsp3) is 0.727. The van der Waals surface area contributed by atoms with Crippen LogP contribution in [0.2, 0.25) is 0 Å². The van der Waals surface area contributed by atoms with Gasteiger partial charge in [0.1, 0.15) is 0 Å². The first-order chi connectivity index (χ1) is 6.68. The van der Waals surface area contributed by atoms with Gasteiger partial charge in [-0.25, -0.2) is 4.98 Å². The lowest BCUT2D eigenvalue weighted by Crippen LogP contribution is -2.40. The second kappa shape index (κ2) is 3.63. The highest BCUT2D eigenvalue weighted by molar-refractivity contribution is 7.11. The number of hydrogen-bond acceptors (Lipinski definition) is 3. The summed E-state index contributed by atoms with van der Waals surface area (Å²) in [6.07, 6.45) is 5.88. The third kappa shape index (κ3) is 1.48. The van der Waals surface area contributed by atoms with Crippen LogP contribution in [0.25, 0.3) is 0 Å². The molecular formula is C11H18N2S. The normalized spacial score (nSPS) is 19.7. The molecule has 1 saturated carbocycles. The minimum Gasteiger partial charge on any atom is -0.330 e. The maximum atomic E-state index is 5.87. The number of nitrogens with two attached hydrogens (primary N) is 1. The topological polar surface area (TPSA) is 38.9 Å². The molecule has 78 valence electrons. The van der Waals surface area contributed by atoms with Crippen LogP contribution in [-0.4, -0.2) is 11.5 Å². The Morgan fingerprint density at radius 1 is 1.57 bits per heavy atom. The highest BCUT2D eigenvalue weighted by atomic mass is 32.1. The Kier molecular flexibility index (Phi) is 2.62. The summed E-state index contributed by atoms with van der Waals surface area (Å²) in [7, 11) is 0. The molecule has 2 N–H and O–H groups in total. The van der Waals surface area contributed by atoms with Crippen LogP contribution < -0.4 is 5.73 Å². The van der Waals surface area contributed by atoms with Gasteiger partial charge in [0.25, 0.3) is 0 Å². The molecule has 0 unspecified atom stereocenters. The SMILES string of the molecule is CC(C)c1ncc(C2(CN)CCC2)s1. The minimum atomic E-state index is 0.296. The van der Waals surface area contributed by atoms with Gasteiger partial charge in [0, 0.05) is 29.0 Å². The summed E-state index contributed by atoms with van der Waals surface area (Å²) in [5, 5.41) is 1.25. The van der Waals surface area contributed by atoms with Gasteiger partial charge in [0.2, 0.25) is 0 Å². The van der Waals surface area contributed by atoms with E-state index in [0.29, 0.717) is 11.3 Å². The van der Waals surface area contributed by atoms with Gasteiger partial charge in [0.05, 0.1) is 5.01 Å². The molecular weight excluding hydrogens is 192 g/mol. The molecule has 0 aromatic carbocycles. The van der Waals surface area contributed by atoms with E-state index in [0.717, 1.165) is 6.54 Å². The summed E-state index contributed by atoms with van der Waals surface area (Å²) >= 11 is 1.86. The van der Waals surface area contributed by atoms with Crippen molar-refractivity contribution in [1.29, 1.82) is 0 Å². The van der Waals surface area contributed by atoms with Crippen molar-refractivity contribution in [2.45, 2.75) is 44.4 Å². The second-order valence-corrected chi connectivity index (χ2v) is 5.62. The molecule has 0 aliphatic heterocycles. The molecule has 2 nitrogen and oxygen atoms in total. The molecule has 2 rings (SSSR count). The van der Waals surface area contributed by atoms with Gasteiger partial charge in [-0.3, -0.25) is 0 Å². The number of rotatable bonds is 3. The van der Waals surface area contributed by atoms with Gasteiger partial charge < -0.3 is 5.73 Å². The third-order valence-electron chi connectivity index (χ3n) is 3.24. The van der Waals surface area contributed by atoms with E-state index in [2.05, 4.69) is 18.8 Å². The molecule has 3 heteroatoms. The molecule has 1 aliphatic rings. The Balaban J connectivity index is 2.23. The van der Waals surface area contributed by atoms with Crippen LogP contribution in [0.4, 0.5) is 0 Å². The van der Waals surface area contributed by atoms with Gasteiger partial charge in [-0.2, -0.15) is 0 Å². The standard InChI is InChI=1S/C11H18N2S/c1-8(2)10-13-6-9(14-10)11(7-12)4-3-5-11/h6,8H,3-5,7,12H2,1-2H3. The van der Waals surface area contributed by atoms with Crippen LogP contribution in [0.5, 0.6) is 0 Å². The van der Waals surface area contributed by atoms with Gasteiger partial charge >= 0.3 is 0 Å². The fourth-order valence-electron chi connectivity index (χ4n) is 1.95. The summed E-state index contributed by atoms with van der Waals surface area (Å²) in [5.41, 5.74) is 6.16. The smallest absolute Gasteiger partial charge is 0.0953 e. The highest BCUT2D eigenvalue weighted by Crippen LogP contribution is 2.45. The summed E-state index contributed by atoms with van der Waals surface area (Å²) in [5.74, 6) is 0.545. The molecule has 0 saturated heterocycles. The Morgan fingerprint density at radius 3 is 2.64 bits per heavy atom. The first-order valence-corrected chi connectivity index (χ1v) is 6.16. The van der Waals surface area contributed by atoms with Crippen molar-refractivity contribution in [1.82, 2.24) is 4.98 Å². The lowest BCUT2D eigenvalue weighted by Gasteiger charge is -2.39. The number of hydrogen-bond donors (Lipinski definition) is 1. The quantitative estimate of drug-likeness (QED) is 0.833. The van der Waals surface area contributed by atoms with E-state index < -0.39 is 0 Å². The predicted molar refractivity (Wildman–Crippen MR) is 60.8 cm³/mol. The average Bonchev–Trinajstić information content (AvgIpc) is 2.52. The van der Waals surface area contributed by atoms with E-state index in [9.17, 15) is 0 Å². The molecule has 14 heavy (non-hydrogen) atoms. The lowest BCUT2D eigenvalue weighted by molar-refractivity contribution is 0.258. The Bertz CT molecular complexity index is 307. The zero-order valence-corrected chi connectivity index (χ0v) is 9.73. The van der Waals surface area contributed by atoms with Crippen LogP contribution in [0.3, 0.4) is 0 Å². The van der Waals surface area contributed by atoms with E-state index in [4.69, 9.17) is 5.73 Å². The number of thiazole rings is 1. The van der Waals surface area contributed by atoms with Gasteiger partial charge in [-0.1, -0.05) is 20.3 Å². The molecule has 0 radical (unpaired) electrons. The molecule has 1 aromatic heterocycles. The second-order valence-electron chi connectivity index (χ2n) is 4.56. The maximum absolute atomic E-state index is 5.87. The summed E-state index contributed by atoms with van der Waals surface area (Å²) < 4.78 is 0. The molecule has 1 aliphatic carbocycles. The van der Waals surface area contributed by atoms with Crippen LogP contribution in [0.1, 0.15) is 48.9 Å². The Labute approximate surface area is 89.5 Å². The minimum absolute atomic E-state index is 0.296. The van der Waals surface area contributed by atoms with E-state index in [-0.39, 0.29) is 0 Å². The first-order valence-electron chi connectivity index (χ1n) is 5.34. The summed E-state index contributed by atoms with van der Waals surface area (Å²) in [4.78, 5) is 5.89. The van der Waals surface area contributed by atoms with Gasteiger partial charge in [0.15, 0.2) is 0 Å². The number of nitrogens with zero attached hydrogens (tertiary/aromatic N) is 1. The molecule has 1 aromatic rings. The van der Waals surface area contributed by atoms with E-state index >= 15 is 0 Å². The van der Waals surface area contributed by atoms with Gasteiger partial charge in [-0.05, 0) is 12.8 Å². The van der Waals surface area contributed by atoms with E-state index in [1.165, 1.54) is 29.1 Å². The average molecular weight is 210 g/mol. The zero-order valence-electron chi connectivity index (χ0n) is 8.92. The predicted octanol–water partition coefficient (Wildman–Crippen LogP) is 2.65. The molecule has 0 amide bonds. The van der Waals surface area contributed by atoms with Crippen LogP contribution in [0, 0.1) is 0 Å². The molecule has 0 spiro atoms. The first kappa shape index (κ1) is 10.1. The summed E-state index contributed by atoms with van der Waals surface area (Å²) in [6, 6.07) is 0. The third-order valence-corrected chi connectivity index (χ3v) is 4.79. The Morgan fingerprint density at radius 2 is 2.29 bits per heavy atom. The van der Waals surface area contributed by atoms with Crippen molar-refractivity contribution in [3.05, 3.63) is 16.1 Å². The van der Waals surface area contributed by atoms with E-state index in [1.54, 1.807) is 0 Å². The Hall–Kier alpha value is -0.410. The molecule has 1 heterocycles. The summed E-state index contributed by atoms with van der Waals surface area (Å²) in [6.45, 7) is 5.17. The largest absolute Gasteiger partial charge is 0.330 e. The fourth-order valence-corrected chi connectivity index (χ4v) is 3.13. The van der Waals surface area contributed by atoms with Crippen molar-refractivity contribution < 1.29 is 0 Å². The van der Waals surface area contributed by atoms with Crippen molar-refractivity contribution >= 4 is 11.3 Å². The van der Waals surface area contributed by atoms with Crippen LogP contribution in [-0.2, 0) is 5.41 Å². The van der Waals surface area contributed by atoms with Crippen molar-refractivity contribution in [3.63, 3.8) is 0 Å². The monoisotopic (exact) mass is 210 g/mol. The van der Waals surface area contributed by atoms with Crippen molar-refractivity contribution in [2.75, 3.05) is 6.54 Å². The van der Waals surface area contributed by atoms with Crippen molar-refractivity contribution in [2.24, 2.45) is 5.73 Å².